The average molecular weight is 597 g/mol. The summed E-state index contributed by atoms with van der Waals surface area (Å²) < 4.78 is 13.0. The first-order valence-corrected chi connectivity index (χ1v) is 18.5. The van der Waals surface area contributed by atoms with Gasteiger partial charge in [-0.2, -0.15) is 0 Å². The van der Waals surface area contributed by atoms with Crippen molar-refractivity contribution in [1.29, 1.82) is 0 Å². The molecule has 0 aliphatic heterocycles. The molecular weight excluding hydrogens is 536 g/mol. The van der Waals surface area contributed by atoms with Crippen LogP contribution in [-0.2, 0) is 0 Å². The number of fused-ring (bicyclic) bond motifs is 6. The van der Waals surface area contributed by atoms with Crippen LogP contribution in [0.1, 0.15) is 142 Å². The summed E-state index contributed by atoms with van der Waals surface area (Å²) in [4.78, 5) is 0. The number of hydrogen-bond acceptors (Lipinski definition) is 2. The van der Waals surface area contributed by atoms with E-state index in [-0.39, 0.29) is 0 Å². The molecule has 0 spiro atoms. The molecule has 44 heavy (non-hydrogen) atoms. The van der Waals surface area contributed by atoms with Crippen molar-refractivity contribution >= 4 is 32.3 Å². The second kappa shape index (κ2) is 20.3. The zero-order valence-corrected chi connectivity index (χ0v) is 28.1. The Hall–Kier alpha value is -2.74. The lowest BCUT2D eigenvalue weighted by molar-refractivity contribution is 0.259. The van der Waals surface area contributed by atoms with Gasteiger partial charge in [-0.25, -0.2) is 0 Å². The quantitative estimate of drug-likeness (QED) is 0.0591. The van der Waals surface area contributed by atoms with Crippen molar-refractivity contribution in [3.05, 3.63) is 60.7 Å². The molecule has 0 aliphatic carbocycles. The first kappa shape index (κ1) is 34.1. The molecular formula is C42H60O2. The maximum atomic E-state index is 6.50. The van der Waals surface area contributed by atoms with E-state index in [4.69, 9.17) is 9.47 Å². The van der Waals surface area contributed by atoms with Gasteiger partial charge in [0.2, 0.25) is 0 Å². The van der Waals surface area contributed by atoms with Crippen LogP contribution in [0.4, 0.5) is 0 Å². The number of unbranched alkanes of at least 4 members (excludes halogenated alkanes) is 18. The number of hydrogen-bond donors (Lipinski definition) is 0. The first-order chi connectivity index (χ1) is 21.8. The average Bonchev–Trinajstić information content (AvgIpc) is 3.06. The number of ether oxygens (including phenoxy) is 2. The SMILES string of the molecule is CCCCCCCCCCCCOc1cc2c3ccccc3c3ccccc3c2cc1OCCCCCCCCCCCC. The van der Waals surface area contributed by atoms with Crippen LogP contribution in [0, 0.1) is 0 Å². The van der Waals surface area contributed by atoms with E-state index in [1.807, 2.05) is 0 Å². The molecule has 4 aromatic carbocycles. The highest BCUT2D eigenvalue weighted by Crippen LogP contribution is 2.41. The van der Waals surface area contributed by atoms with Crippen molar-refractivity contribution in [2.45, 2.75) is 142 Å². The van der Waals surface area contributed by atoms with Crippen molar-refractivity contribution in [3.8, 4) is 11.5 Å². The number of rotatable bonds is 24. The third kappa shape index (κ3) is 10.7. The lowest BCUT2D eigenvalue weighted by Gasteiger charge is -2.17. The maximum Gasteiger partial charge on any atom is 0.161 e. The van der Waals surface area contributed by atoms with Crippen molar-refractivity contribution in [2.75, 3.05) is 13.2 Å². The van der Waals surface area contributed by atoms with Crippen molar-refractivity contribution in [2.24, 2.45) is 0 Å². The second-order valence-corrected chi connectivity index (χ2v) is 13.0. The number of benzene rings is 4. The van der Waals surface area contributed by atoms with Gasteiger partial charge in [0.1, 0.15) is 0 Å². The topological polar surface area (TPSA) is 18.5 Å². The van der Waals surface area contributed by atoms with Crippen LogP contribution in [0.15, 0.2) is 60.7 Å². The fourth-order valence-electron chi connectivity index (χ4n) is 6.68. The zero-order valence-electron chi connectivity index (χ0n) is 28.1. The monoisotopic (exact) mass is 596 g/mol. The standard InChI is InChI=1S/C42H60O2/c1-3-5-7-9-11-13-15-17-19-25-31-43-41-33-39-37-29-23-21-27-35(37)36-28-22-24-30-38(36)40(39)34-42(41)44-32-26-20-18-16-14-12-10-8-6-4-2/h21-24,27-30,33-34H,3-20,25-26,31-32H2,1-2H3. The van der Waals surface area contributed by atoms with Gasteiger partial charge in [0, 0.05) is 0 Å². The van der Waals surface area contributed by atoms with Crippen molar-refractivity contribution in [1.82, 2.24) is 0 Å². The lowest BCUT2D eigenvalue weighted by Crippen LogP contribution is -2.03. The molecule has 4 rings (SSSR count). The van der Waals surface area contributed by atoms with Gasteiger partial charge >= 0.3 is 0 Å². The Balaban J connectivity index is 1.36. The van der Waals surface area contributed by atoms with E-state index in [0.717, 1.165) is 37.6 Å². The van der Waals surface area contributed by atoms with Gasteiger partial charge in [-0.3, -0.25) is 0 Å². The van der Waals surface area contributed by atoms with E-state index < -0.39 is 0 Å². The fourth-order valence-corrected chi connectivity index (χ4v) is 6.68. The van der Waals surface area contributed by atoms with Gasteiger partial charge in [-0.05, 0) is 57.3 Å². The molecule has 0 fully saturated rings. The third-order valence-corrected chi connectivity index (χ3v) is 9.32. The fraction of sp³-hybridized carbons (Fsp3) is 0.571. The van der Waals surface area contributed by atoms with Crippen molar-refractivity contribution in [3.63, 3.8) is 0 Å². The zero-order chi connectivity index (χ0) is 30.7. The van der Waals surface area contributed by atoms with Crippen LogP contribution in [0.25, 0.3) is 32.3 Å². The van der Waals surface area contributed by atoms with Crippen LogP contribution in [0.5, 0.6) is 11.5 Å². The molecule has 0 unspecified atom stereocenters. The summed E-state index contributed by atoms with van der Waals surface area (Å²) in [7, 11) is 0. The van der Waals surface area contributed by atoms with Gasteiger partial charge in [0.25, 0.3) is 0 Å². The molecule has 2 nitrogen and oxygen atoms in total. The molecule has 0 saturated carbocycles. The van der Waals surface area contributed by atoms with Gasteiger partial charge in [-0.15, -0.1) is 0 Å². The van der Waals surface area contributed by atoms with E-state index >= 15 is 0 Å². The van der Waals surface area contributed by atoms with E-state index in [1.165, 1.54) is 148 Å². The van der Waals surface area contributed by atoms with Crippen molar-refractivity contribution < 1.29 is 9.47 Å². The highest BCUT2D eigenvalue weighted by atomic mass is 16.5. The van der Waals surface area contributed by atoms with Gasteiger partial charge in [0.15, 0.2) is 11.5 Å². The second-order valence-electron chi connectivity index (χ2n) is 13.0. The van der Waals surface area contributed by atoms with E-state index in [0.29, 0.717) is 0 Å². The Morgan fingerprint density at radius 3 is 0.932 bits per heavy atom. The van der Waals surface area contributed by atoms with Crippen LogP contribution >= 0.6 is 0 Å². The van der Waals surface area contributed by atoms with Gasteiger partial charge in [-0.1, -0.05) is 178 Å². The molecule has 240 valence electrons. The Kier molecular flexibility index (Phi) is 15.8. The molecule has 0 atom stereocenters. The summed E-state index contributed by atoms with van der Waals surface area (Å²) in [5.74, 6) is 1.81. The molecule has 0 bridgehead atoms. The Morgan fingerprint density at radius 1 is 0.341 bits per heavy atom. The minimum absolute atomic E-state index is 0.752. The summed E-state index contributed by atoms with van der Waals surface area (Å²) in [6.45, 7) is 6.08. The minimum Gasteiger partial charge on any atom is -0.490 e. The van der Waals surface area contributed by atoms with Crippen LogP contribution in [0.2, 0.25) is 0 Å². The van der Waals surface area contributed by atoms with Gasteiger partial charge < -0.3 is 9.47 Å². The highest BCUT2D eigenvalue weighted by molar-refractivity contribution is 6.25. The predicted molar refractivity (Wildman–Crippen MR) is 194 cm³/mol. The summed E-state index contributed by atoms with van der Waals surface area (Å²) in [5.41, 5.74) is 0. The molecule has 0 aliphatic rings. The maximum absolute atomic E-state index is 6.50. The molecule has 0 N–H and O–H groups in total. The summed E-state index contributed by atoms with van der Waals surface area (Å²) in [6, 6.07) is 22.1. The van der Waals surface area contributed by atoms with Crippen LogP contribution < -0.4 is 9.47 Å². The minimum atomic E-state index is 0.752. The molecule has 0 aromatic heterocycles. The Bertz CT molecular complexity index is 1250. The predicted octanol–water partition coefficient (Wildman–Crippen LogP) is 13.7. The Labute approximate surface area is 268 Å². The van der Waals surface area contributed by atoms with Gasteiger partial charge in [0.05, 0.1) is 13.2 Å². The lowest BCUT2D eigenvalue weighted by atomic mass is 9.94. The molecule has 0 heterocycles. The largest absolute Gasteiger partial charge is 0.490 e. The first-order valence-electron chi connectivity index (χ1n) is 18.5. The summed E-state index contributed by atoms with van der Waals surface area (Å²) in [5, 5.41) is 7.68. The molecule has 0 radical (unpaired) electrons. The highest BCUT2D eigenvalue weighted by Gasteiger charge is 2.14. The van der Waals surface area contributed by atoms with E-state index in [9.17, 15) is 0 Å². The van der Waals surface area contributed by atoms with E-state index in [1.54, 1.807) is 0 Å². The molecule has 2 heteroatoms. The molecule has 4 aromatic rings. The summed E-state index contributed by atoms with van der Waals surface area (Å²) in [6.07, 6.45) is 26.7. The Morgan fingerprint density at radius 2 is 0.614 bits per heavy atom. The van der Waals surface area contributed by atoms with Crippen LogP contribution in [0.3, 0.4) is 0 Å². The smallest absolute Gasteiger partial charge is 0.161 e. The van der Waals surface area contributed by atoms with Crippen LogP contribution in [-0.4, -0.2) is 13.2 Å². The molecule has 0 saturated heterocycles. The molecule has 0 amide bonds. The summed E-state index contributed by atoms with van der Waals surface area (Å²) >= 11 is 0. The normalized spacial score (nSPS) is 11.6. The van der Waals surface area contributed by atoms with E-state index in [2.05, 4.69) is 74.5 Å². The third-order valence-electron chi connectivity index (χ3n) is 9.32.